The summed E-state index contributed by atoms with van der Waals surface area (Å²) in [6.45, 7) is 2.38. The lowest BCUT2D eigenvalue weighted by atomic mass is 10.2. The minimum atomic E-state index is -0.452. The van der Waals surface area contributed by atoms with E-state index in [1.54, 1.807) is 66.7 Å². The third-order valence-corrected chi connectivity index (χ3v) is 7.46. The van der Waals surface area contributed by atoms with Crippen LogP contribution in [0.15, 0.2) is 104 Å². The molecule has 0 saturated heterocycles. The number of ether oxygens (including phenoxy) is 2. The fourth-order valence-electron chi connectivity index (χ4n) is 4.57. The Morgan fingerprint density at radius 2 is 1.86 bits per heavy atom. The van der Waals surface area contributed by atoms with Crippen LogP contribution in [0.25, 0.3) is 33.5 Å². The number of nitrogens with zero attached hydrogens (tertiary/aromatic N) is 4. The predicted molar refractivity (Wildman–Crippen MR) is 172 cm³/mol. The summed E-state index contributed by atoms with van der Waals surface area (Å²) in [4.78, 5) is 28.9. The molecule has 0 saturated carbocycles. The van der Waals surface area contributed by atoms with Crippen molar-refractivity contribution in [3.8, 4) is 23.1 Å². The van der Waals surface area contributed by atoms with Gasteiger partial charge in [0.1, 0.15) is 12.2 Å². The summed E-state index contributed by atoms with van der Waals surface area (Å²) in [5.41, 5.74) is 2.10. The molecule has 44 heavy (non-hydrogen) atoms. The van der Waals surface area contributed by atoms with Crippen molar-refractivity contribution in [2.45, 2.75) is 13.5 Å². The number of non-ortho nitro benzene ring substituents is 1. The number of benzene rings is 4. The maximum atomic E-state index is 13.6. The quantitative estimate of drug-likeness (QED) is 0.0866. The van der Waals surface area contributed by atoms with Crippen LogP contribution < -0.4 is 15.0 Å². The van der Waals surface area contributed by atoms with Gasteiger partial charge in [0.25, 0.3) is 11.2 Å². The topological polar surface area (TPSA) is 122 Å². The second-order valence-corrected chi connectivity index (χ2v) is 10.9. The molecular formula is C32H22BrClN4O6. The zero-order chi connectivity index (χ0) is 30.8. The molecule has 4 aromatic carbocycles. The number of halogens is 2. The van der Waals surface area contributed by atoms with Crippen LogP contribution in [0.1, 0.15) is 18.1 Å². The maximum Gasteiger partial charge on any atom is 0.282 e. The summed E-state index contributed by atoms with van der Waals surface area (Å²) >= 11 is 9.73. The summed E-state index contributed by atoms with van der Waals surface area (Å²) in [7, 11) is 0. The number of hydrogen-bond donors (Lipinski definition) is 0. The van der Waals surface area contributed by atoms with E-state index in [0.29, 0.717) is 55.4 Å². The SMILES string of the molecule is CCOc1cc(C=Nn2c(-c3cc4cc(Cl)ccc4o3)nc3ccccc3c2=O)cc(Br)c1OCc1ccc([N+](=O)[O-])cc1. The summed E-state index contributed by atoms with van der Waals surface area (Å²) < 4.78 is 19.7. The van der Waals surface area contributed by atoms with Crippen molar-refractivity contribution in [3.63, 3.8) is 0 Å². The number of hydrogen-bond acceptors (Lipinski definition) is 8. The van der Waals surface area contributed by atoms with Gasteiger partial charge < -0.3 is 13.9 Å². The standard InChI is InChI=1S/C32H22BrClN4O6/c1-2-42-28-14-20(13-25(33)30(28)43-18-19-7-10-23(11-8-19)38(40)41)17-35-37-31(36-26-6-4-3-5-24(26)32(37)39)29-16-21-15-22(34)9-12-27(21)44-29/h3-17H,2,18H2,1H3. The summed E-state index contributed by atoms with van der Waals surface area (Å²) in [5.74, 6) is 1.48. The van der Waals surface area contributed by atoms with E-state index in [4.69, 9.17) is 30.5 Å². The molecule has 0 aliphatic heterocycles. The number of fused-ring (bicyclic) bond motifs is 2. The summed E-state index contributed by atoms with van der Waals surface area (Å²) in [5, 5.41) is 17.2. The Morgan fingerprint density at radius 3 is 2.64 bits per heavy atom. The molecule has 0 unspecified atom stereocenters. The highest BCUT2D eigenvalue weighted by Gasteiger charge is 2.18. The van der Waals surface area contributed by atoms with E-state index < -0.39 is 4.92 Å². The molecule has 12 heteroatoms. The fourth-order valence-corrected chi connectivity index (χ4v) is 5.33. The Kier molecular flexibility index (Phi) is 8.14. The van der Waals surface area contributed by atoms with Crippen LogP contribution in [-0.4, -0.2) is 27.4 Å². The van der Waals surface area contributed by atoms with E-state index >= 15 is 0 Å². The molecule has 2 heterocycles. The Hall–Kier alpha value is -5.00. The van der Waals surface area contributed by atoms with Crippen LogP contribution in [0.2, 0.25) is 5.02 Å². The molecule has 6 aromatic rings. The minimum absolute atomic E-state index is 0.00201. The van der Waals surface area contributed by atoms with E-state index in [1.165, 1.54) is 23.0 Å². The van der Waals surface area contributed by atoms with Gasteiger partial charge in [-0.3, -0.25) is 14.9 Å². The molecule has 0 bridgehead atoms. The van der Waals surface area contributed by atoms with Gasteiger partial charge in [-0.25, -0.2) is 4.98 Å². The third kappa shape index (κ3) is 5.92. The van der Waals surface area contributed by atoms with Gasteiger partial charge in [-0.15, -0.1) is 0 Å². The van der Waals surface area contributed by atoms with Gasteiger partial charge in [-0.1, -0.05) is 23.7 Å². The first kappa shape index (κ1) is 29.1. The van der Waals surface area contributed by atoms with Crippen molar-refractivity contribution < 1.29 is 18.8 Å². The van der Waals surface area contributed by atoms with Crippen LogP contribution in [0.3, 0.4) is 0 Å². The first-order chi connectivity index (χ1) is 21.3. The molecule has 0 aliphatic rings. The number of nitro benzene ring substituents is 1. The van der Waals surface area contributed by atoms with Gasteiger partial charge in [-0.2, -0.15) is 9.78 Å². The molecule has 0 atom stereocenters. The van der Waals surface area contributed by atoms with Crippen molar-refractivity contribution in [1.29, 1.82) is 0 Å². The van der Waals surface area contributed by atoms with Crippen LogP contribution >= 0.6 is 27.5 Å². The smallest absolute Gasteiger partial charge is 0.282 e. The van der Waals surface area contributed by atoms with Crippen LogP contribution in [0.4, 0.5) is 5.69 Å². The molecule has 2 aromatic heterocycles. The minimum Gasteiger partial charge on any atom is -0.490 e. The number of para-hydroxylation sites is 1. The fraction of sp³-hybridized carbons (Fsp3) is 0.0938. The largest absolute Gasteiger partial charge is 0.490 e. The van der Waals surface area contributed by atoms with Gasteiger partial charge >= 0.3 is 0 Å². The maximum absolute atomic E-state index is 13.6. The second-order valence-electron chi connectivity index (χ2n) is 9.58. The van der Waals surface area contributed by atoms with Crippen LogP contribution in [-0.2, 0) is 6.61 Å². The molecule has 0 N–H and O–H groups in total. The third-order valence-electron chi connectivity index (χ3n) is 6.64. The van der Waals surface area contributed by atoms with Gasteiger partial charge in [0.05, 0.1) is 33.1 Å². The van der Waals surface area contributed by atoms with Crippen molar-refractivity contribution in [2.75, 3.05) is 6.61 Å². The van der Waals surface area contributed by atoms with E-state index in [-0.39, 0.29) is 23.7 Å². The zero-order valence-electron chi connectivity index (χ0n) is 23.1. The van der Waals surface area contributed by atoms with Gasteiger partial charge in [0.15, 0.2) is 17.3 Å². The van der Waals surface area contributed by atoms with Gasteiger partial charge in [-0.05, 0) is 94.6 Å². The molecule has 0 amide bonds. The average Bonchev–Trinajstić information content (AvgIpc) is 3.43. The Bertz CT molecular complexity index is 2120. The monoisotopic (exact) mass is 672 g/mol. The predicted octanol–water partition coefficient (Wildman–Crippen LogP) is 7.99. The Labute approximate surface area is 263 Å². The average molecular weight is 674 g/mol. The normalized spacial score (nSPS) is 11.4. The number of furan rings is 1. The highest BCUT2D eigenvalue weighted by Crippen LogP contribution is 2.37. The summed E-state index contributed by atoms with van der Waals surface area (Å²) in [6.07, 6.45) is 1.52. The van der Waals surface area contributed by atoms with Crippen molar-refractivity contribution >= 4 is 61.3 Å². The molecule has 0 fully saturated rings. The van der Waals surface area contributed by atoms with Gasteiger partial charge in [0, 0.05) is 22.5 Å². The number of nitro groups is 1. The lowest BCUT2D eigenvalue weighted by molar-refractivity contribution is -0.384. The lowest BCUT2D eigenvalue weighted by Gasteiger charge is -2.15. The van der Waals surface area contributed by atoms with E-state index in [1.807, 2.05) is 13.0 Å². The van der Waals surface area contributed by atoms with Crippen LogP contribution in [0, 0.1) is 10.1 Å². The molecule has 10 nitrogen and oxygen atoms in total. The highest BCUT2D eigenvalue weighted by molar-refractivity contribution is 9.10. The highest BCUT2D eigenvalue weighted by atomic mass is 79.9. The Balaban J connectivity index is 1.37. The van der Waals surface area contributed by atoms with E-state index in [0.717, 1.165) is 10.9 Å². The Morgan fingerprint density at radius 1 is 1.07 bits per heavy atom. The summed E-state index contributed by atoms with van der Waals surface area (Å²) in [6, 6.07) is 23.7. The van der Waals surface area contributed by atoms with Crippen molar-refractivity contribution in [3.05, 3.63) is 126 Å². The van der Waals surface area contributed by atoms with Crippen molar-refractivity contribution in [1.82, 2.24) is 9.66 Å². The van der Waals surface area contributed by atoms with Crippen LogP contribution in [0.5, 0.6) is 11.5 Å². The molecule has 220 valence electrons. The molecule has 0 aliphatic carbocycles. The molecule has 6 rings (SSSR count). The number of rotatable bonds is 9. The molecule has 0 radical (unpaired) electrons. The van der Waals surface area contributed by atoms with E-state index in [9.17, 15) is 14.9 Å². The van der Waals surface area contributed by atoms with Crippen molar-refractivity contribution in [2.24, 2.45) is 5.10 Å². The molecular weight excluding hydrogens is 652 g/mol. The molecule has 0 spiro atoms. The van der Waals surface area contributed by atoms with E-state index in [2.05, 4.69) is 21.0 Å². The van der Waals surface area contributed by atoms with Gasteiger partial charge in [0.2, 0.25) is 5.82 Å². The first-order valence-corrected chi connectivity index (χ1v) is 14.6. The number of aromatic nitrogens is 2. The first-order valence-electron chi connectivity index (χ1n) is 13.4. The lowest BCUT2D eigenvalue weighted by Crippen LogP contribution is -2.20. The zero-order valence-corrected chi connectivity index (χ0v) is 25.4. The second kappa shape index (κ2) is 12.3.